The molecule has 0 saturated heterocycles. The Bertz CT molecular complexity index is 1120. The van der Waals surface area contributed by atoms with Crippen molar-refractivity contribution in [2.75, 3.05) is 39.3 Å². The fourth-order valence-corrected chi connectivity index (χ4v) is 4.19. The number of esters is 1. The quantitative estimate of drug-likeness (QED) is 0.470. The molecule has 172 valence electrons. The van der Waals surface area contributed by atoms with E-state index in [0.717, 1.165) is 12.5 Å². The van der Waals surface area contributed by atoms with Gasteiger partial charge in [0, 0.05) is 25.2 Å². The van der Waals surface area contributed by atoms with Gasteiger partial charge in [-0.25, -0.2) is 13.2 Å². The number of carbonyl (C=O) groups excluding carboxylic acids is 2. The highest BCUT2D eigenvalue weighted by molar-refractivity contribution is 7.89. The maximum absolute atomic E-state index is 12.4. The second-order valence-corrected chi connectivity index (χ2v) is 8.89. The summed E-state index contributed by atoms with van der Waals surface area (Å²) in [7, 11) is -1.73. The number of carbonyl (C=O) groups is 2. The number of ether oxygens (including phenoxy) is 3. The van der Waals surface area contributed by atoms with Gasteiger partial charge >= 0.3 is 5.97 Å². The SMILES string of the molecule is CON(C)S(=O)(=O)c1cc(C(=O)OCC(=O)Nc2ccc3c(c2)OCCCO3)ccc1Cl. The first kappa shape index (κ1) is 23.8. The Morgan fingerprint density at radius 3 is 2.56 bits per heavy atom. The summed E-state index contributed by atoms with van der Waals surface area (Å²) < 4.78 is 41.6. The van der Waals surface area contributed by atoms with Crippen LogP contribution >= 0.6 is 11.6 Å². The molecule has 1 amide bonds. The molecule has 1 aliphatic rings. The van der Waals surface area contributed by atoms with E-state index in [2.05, 4.69) is 5.32 Å². The summed E-state index contributed by atoms with van der Waals surface area (Å²) in [5.41, 5.74) is 0.346. The lowest BCUT2D eigenvalue weighted by atomic mass is 10.2. The van der Waals surface area contributed by atoms with Crippen LogP contribution in [0.15, 0.2) is 41.3 Å². The predicted molar refractivity (Wildman–Crippen MR) is 114 cm³/mol. The normalized spacial score (nSPS) is 13.4. The minimum absolute atomic E-state index is 0.0964. The van der Waals surface area contributed by atoms with Crippen molar-refractivity contribution in [3.63, 3.8) is 0 Å². The molecule has 0 unspecified atom stereocenters. The molecule has 1 aliphatic heterocycles. The Labute approximate surface area is 190 Å². The number of fused-ring (bicyclic) bond motifs is 1. The molecule has 0 spiro atoms. The second kappa shape index (κ2) is 10.2. The van der Waals surface area contributed by atoms with Gasteiger partial charge in [0.25, 0.3) is 15.9 Å². The van der Waals surface area contributed by atoms with Crippen LogP contribution in [-0.4, -0.2) is 58.7 Å². The maximum atomic E-state index is 12.4. The monoisotopic (exact) mass is 484 g/mol. The smallest absolute Gasteiger partial charge is 0.338 e. The maximum Gasteiger partial charge on any atom is 0.338 e. The van der Waals surface area contributed by atoms with Crippen molar-refractivity contribution >= 4 is 39.2 Å². The minimum Gasteiger partial charge on any atom is -0.490 e. The van der Waals surface area contributed by atoms with Crippen LogP contribution in [0, 0.1) is 0 Å². The molecule has 0 aromatic heterocycles. The number of nitrogens with zero attached hydrogens (tertiary/aromatic N) is 1. The topological polar surface area (TPSA) is 120 Å². The molecule has 12 heteroatoms. The summed E-state index contributed by atoms with van der Waals surface area (Å²) >= 11 is 5.97. The third-order valence-electron chi connectivity index (χ3n) is 4.41. The van der Waals surface area contributed by atoms with Gasteiger partial charge in [0.05, 0.1) is 30.9 Å². The fourth-order valence-electron chi connectivity index (χ4n) is 2.72. The lowest BCUT2D eigenvalue weighted by molar-refractivity contribution is -0.119. The zero-order chi connectivity index (χ0) is 23.3. The molecule has 0 saturated carbocycles. The fraction of sp³-hybridized carbons (Fsp3) is 0.300. The molecule has 1 N–H and O–H groups in total. The number of nitrogens with one attached hydrogen (secondary N) is 1. The van der Waals surface area contributed by atoms with Gasteiger partial charge in [-0.3, -0.25) is 9.63 Å². The number of benzene rings is 2. The first-order chi connectivity index (χ1) is 15.2. The number of halogens is 1. The predicted octanol–water partition coefficient (Wildman–Crippen LogP) is 2.48. The van der Waals surface area contributed by atoms with E-state index in [-0.39, 0.29) is 15.5 Å². The van der Waals surface area contributed by atoms with E-state index < -0.39 is 28.5 Å². The number of amides is 1. The number of hydrogen-bond donors (Lipinski definition) is 1. The van der Waals surface area contributed by atoms with E-state index in [9.17, 15) is 18.0 Å². The highest BCUT2D eigenvalue weighted by atomic mass is 35.5. The Hall–Kier alpha value is -2.86. The summed E-state index contributed by atoms with van der Waals surface area (Å²) in [6.07, 6.45) is 0.752. The van der Waals surface area contributed by atoms with E-state index in [1.165, 1.54) is 26.3 Å². The second-order valence-electron chi connectivity index (χ2n) is 6.58. The molecule has 2 aromatic carbocycles. The average molecular weight is 485 g/mol. The Morgan fingerprint density at radius 1 is 1.12 bits per heavy atom. The zero-order valence-corrected chi connectivity index (χ0v) is 18.9. The van der Waals surface area contributed by atoms with Crippen molar-refractivity contribution in [1.29, 1.82) is 0 Å². The lowest BCUT2D eigenvalue weighted by Crippen LogP contribution is -2.26. The van der Waals surface area contributed by atoms with Crippen molar-refractivity contribution < 1.29 is 37.1 Å². The van der Waals surface area contributed by atoms with Crippen molar-refractivity contribution in [2.24, 2.45) is 0 Å². The minimum atomic E-state index is -4.09. The third-order valence-corrected chi connectivity index (χ3v) is 6.57. The van der Waals surface area contributed by atoms with Crippen LogP contribution in [0.1, 0.15) is 16.8 Å². The third kappa shape index (κ3) is 5.49. The van der Waals surface area contributed by atoms with Gasteiger partial charge in [-0.2, -0.15) is 0 Å². The number of hydrogen-bond acceptors (Lipinski definition) is 8. The number of rotatable bonds is 7. The Morgan fingerprint density at radius 2 is 1.84 bits per heavy atom. The summed E-state index contributed by atoms with van der Waals surface area (Å²) in [5.74, 6) is -0.395. The summed E-state index contributed by atoms with van der Waals surface area (Å²) in [4.78, 5) is 28.9. The molecular formula is C20H21ClN2O8S. The van der Waals surface area contributed by atoms with Gasteiger partial charge in [0.2, 0.25) is 0 Å². The molecule has 0 radical (unpaired) electrons. The highest BCUT2D eigenvalue weighted by Gasteiger charge is 2.25. The molecule has 0 atom stereocenters. The first-order valence-electron chi connectivity index (χ1n) is 9.41. The molecule has 32 heavy (non-hydrogen) atoms. The van der Waals surface area contributed by atoms with Crippen LogP contribution in [0.4, 0.5) is 5.69 Å². The number of hydroxylamine groups is 1. The summed E-state index contributed by atoms with van der Waals surface area (Å²) in [6, 6.07) is 8.51. The van der Waals surface area contributed by atoms with Crippen LogP contribution in [0.25, 0.3) is 0 Å². The van der Waals surface area contributed by atoms with Crippen LogP contribution < -0.4 is 14.8 Å². The van der Waals surface area contributed by atoms with Gasteiger partial charge in [0.1, 0.15) is 4.90 Å². The number of sulfonamides is 1. The van der Waals surface area contributed by atoms with E-state index >= 15 is 0 Å². The molecule has 1 heterocycles. The molecule has 3 rings (SSSR count). The van der Waals surface area contributed by atoms with Gasteiger partial charge < -0.3 is 19.5 Å². The Kier molecular flexibility index (Phi) is 7.56. The molecule has 0 bridgehead atoms. The van der Waals surface area contributed by atoms with E-state index in [1.54, 1.807) is 18.2 Å². The van der Waals surface area contributed by atoms with Gasteiger partial charge in [-0.05, 0) is 30.3 Å². The molecule has 0 aliphatic carbocycles. The van der Waals surface area contributed by atoms with Crippen molar-refractivity contribution in [2.45, 2.75) is 11.3 Å². The summed E-state index contributed by atoms with van der Waals surface area (Å²) in [5, 5.41) is 2.50. The van der Waals surface area contributed by atoms with Gasteiger partial charge in [0.15, 0.2) is 18.1 Å². The lowest BCUT2D eigenvalue weighted by Gasteiger charge is -2.15. The molecule has 0 fully saturated rings. The molecule has 10 nitrogen and oxygen atoms in total. The van der Waals surface area contributed by atoms with Crippen LogP contribution in [0.2, 0.25) is 5.02 Å². The Balaban J connectivity index is 1.64. The van der Waals surface area contributed by atoms with Crippen molar-refractivity contribution in [3.8, 4) is 11.5 Å². The van der Waals surface area contributed by atoms with E-state index in [0.29, 0.717) is 34.9 Å². The number of anilines is 1. The van der Waals surface area contributed by atoms with Gasteiger partial charge in [-0.15, -0.1) is 0 Å². The van der Waals surface area contributed by atoms with Crippen LogP contribution in [0.5, 0.6) is 11.5 Å². The van der Waals surface area contributed by atoms with Gasteiger partial charge in [-0.1, -0.05) is 16.1 Å². The molecular weight excluding hydrogens is 464 g/mol. The first-order valence-corrected chi connectivity index (χ1v) is 11.2. The highest BCUT2D eigenvalue weighted by Crippen LogP contribution is 2.32. The largest absolute Gasteiger partial charge is 0.490 e. The van der Waals surface area contributed by atoms with E-state index in [1.807, 2.05) is 0 Å². The van der Waals surface area contributed by atoms with Crippen LogP contribution in [-0.2, 0) is 24.4 Å². The standard InChI is InChI=1S/C20H21ClN2O8S/c1-23(28-2)32(26,27)18-10-13(4-6-15(18)21)20(25)31-12-19(24)22-14-5-7-16-17(11-14)30-9-3-8-29-16/h4-7,10-11H,3,8-9,12H2,1-2H3,(H,22,24). The average Bonchev–Trinajstić information content (AvgIpc) is 3.02. The zero-order valence-electron chi connectivity index (χ0n) is 17.3. The van der Waals surface area contributed by atoms with E-state index in [4.69, 9.17) is 30.6 Å². The molecule has 2 aromatic rings. The van der Waals surface area contributed by atoms with Crippen LogP contribution in [0.3, 0.4) is 0 Å². The van der Waals surface area contributed by atoms with Crippen molar-refractivity contribution in [3.05, 3.63) is 47.0 Å². The van der Waals surface area contributed by atoms with Crippen molar-refractivity contribution in [1.82, 2.24) is 4.47 Å². The summed E-state index contributed by atoms with van der Waals surface area (Å²) in [6.45, 7) is 0.459.